The molecule has 0 spiro atoms. The maximum atomic E-state index is 11.9. The van der Waals surface area contributed by atoms with Crippen LogP contribution in [0.15, 0.2) is 30.6 Å². The number of fused-ring (bicyclic) bond motifs is 1. The molecule has 4 heterocycles. The zero-order chi connectivity index (χ0) is 32.2. The van der Waals surface area contributed by atoms with Crippen molar-refractivity contribution in [2.24, 2.45) is 5.41 Å². The van der Waals surface area contributed by atoms with Crippen molar-refractivity contribution >= 4 is 17.5 Å². The molecule has 2 N–H and O–H groups in total. The number of aryl methyl sites for hydroxylation is 2. The fourth-order valence-corrected chi connectivity index (χ4v) is 5.90. The first kappa shape index (κ1) is 33.2. The first-order chi connectivity index (χ1) is 20.6. The minimum Gasteiger partial charge on any atom is -0.481 e. The lowest BCUT2D eigenvalue weighted by atomic mass is 9.82. The number of aromatic nitrogens is 3. The molecule has 2 aliphatic rings. The monoisotopic (exact) mass is 603 g/mol. The Balaban J connectivity index is 0.000000818. The predicted octanol–water partition coefficient (Wildman–Crippen LogP) is 6.15. The third-order valence-electron chi connectivity index (χ3n) is 8.17. The van der Waals surface area contributed by atoms with E-state index in [1.165, 1.54) is 11.1 Å². The number of rotatable bonds is 7. The summed E-state index contributed by atoms with van der Waals surface area (Å²) in [5.41, 5.74) is 8.20. The molecule has 9 nitrogen and oxygen atoms in total. The Morgan fingerprint density at radius 1 is 1.00 bits per heavy atom. The smallest absolute Gasteiger partial charge is 0.307 e. The second-order valence-electron chi connectivity index (χ2n) is 13.7. The molecule has 1 aromatic carbocycles. The molecule has 0 bridgehead atoms. The average molecular weight is 604 g/mol. The molecule has 2 aromatic heterocycles. The lowest BCUT2D eigenvalue weighted by Crippen LogP contribution is -2.38. The maximum absolute atomic E-state index is 11.9. The highest BCUT2D eigenvalue weighted by atomic mass is 16.5. The summed E-state index contributed by atoms with van der Waals surface area (Å²) in [4.78, 5) is 30.1. The average Bonchev–Trinajstić information content (AvgIpc) is 2.93. The largest absolute Gasteiger partial charge is 0.481 e. The van der Waals surface area contributed by atoms with Gasteiger partial charge in [-0.3, -0.25) is 9.78 Å². The summed E-state index contributed by atoms with van der Waals surface area (Å²) < 4.78 is 5.57. The van der Waals surface area contributed by atoms with Crippen molar-refractivity contribution in [3.8, 4) is 17.0 Å². The van der Waals surface area contributed by atoms with Crippen molar-refractivity contribution < 1.29 is 19.7 Å². The van der Waals surface area contributed by atoms with E-state index in [1.807, 2.05) is 19.9 Å². The minimum atomic E-state index is -0.823. The van der Waals surface area contributed by atoms with Crippen molar-refractivity contribution in [2.75, 3.05) is 36.0 Å². The van der Waals surface area contributed by atoms with Gasteiger partial charge < -0.3 is 24.7 Å². The van der Waals surface area contributed by atoms with E-state index < -0.39 is 11.6 Å². The molecule has 238 valence electrons. The summed E-state index contributed by atoms with van der Waals surface area (Å²) in [7, 11) is 0. The van der Waals surface area contributed by atoms with Crippen LogP contribution in [0.5, 0.6) is 5.88 Å². The summed E-state index contributed by atoms with van der Waals surface area (Å²) in [6.07, 6.45) is 4.58. The van der Waals surface area contributed by atoms with E-state index in [2.05, 4.69) is 58.7 Å². The van der Waals surface area contributed by atoms with Crippen LogP contribution in [0.2, 0.25) is 0 Å². The van der Waals surface area contributed by atoms with E-state index in [0.717, 1.165) is 85.0 Å². The first-order valence-electron chi connectivity index (χ1n) is 15.7. The van der Waals surface area contributed by atoms with Gasteiger partial charge in [0.05, 0.1) is 24.3 Å². The van der Waals surface area contributed by atoms with Crippen LogP contribution < -0.4 is 14.5 Å². The number of hydrogen-bond acceptors (Lipinski definition) is 8. The standard InChI is InChI=1S/C31H39N5O3.C4H10O/c1-6-39-27-17-26(32-19-33-27)36-12-9-22-15-23(7-8-24(22)18-36)29-21(3)34-20(2)25(16-28(37)38)30(29)35-13-10-31(4,5)11-14-35;1-4(2,3)5/h7-8,15,17,19H,6,9-14,16,18H2,1-5H3,(H,37,38);5H,1-3H3. The lowest BCUT2D eigenvalue weighted by molar-refractivity contribution is -0.136. The number of anilines is 2. The molecule has 0 saturated carbocycles. The number of hydrogen-bond donors (Lipinski definition) is 2. The molecule has 0 atom stereocenters. The summed E-state index contributed by atoms with van der Waals surface area (Å²) in [6.45, 7) is 19.8. The van der Waals surface area contributed by atoms with Crippen LogP contribution in [0.3, 0.4) is 0 Å². The molecule has 1 saturated heterocycles. The van der Waals surface area contributed by atoms with Crippen molar-refractivity contribution in [1.29, 1.82) is 0 Å². The predicted molar refractivity (Wildman–Crippen MR) is 176 cm³/mol. The van der Waals surface area contributed by atoms with Gasteiger partial charge in [0.15, 0.2) is 0 Å². The summed E-state index contributed by atoms with van der Waals surface area (Å²) in [6, 6.07) is 8.58. The van der Waals surface area contributed by atoms with Gasteiger partial charge in [-0.1, -0.05) is 32.0 Å². The number of aliphatic hydroxyl groups is 1. The Labute approximate surface area is 262 Å². The molecule has 0 unspecified atom stereocenters. The highest BCUT2D eigenvalue weighted by molar-refractivity contribution is 5.86. The summed E-state index contributed by atoms with van der Waals surface area (Å²) in [5.74, 6) is 0.642. The van der Waals surface area contributed by atoms with Crippen molar-refractivity contribution in [2.45, 2.75) is 93.2 Å². The van der Waals surface area contributed by atoms with E-state index in [-0.39, 0.29) is 6.42 Å². The molecule has 44 heavy (non-hydrogen) atoms. The van der Waals surface area contributed by atoms with Crippen LogP contribution in [0.4, 0.5) is 11.5 Å². The lowest BCUT2D eigenvalue weighted by Gasteiger charge is -2.40. The van der Waals surface area contributed by atoms with Crippen LogP contribution >= 0.6 is 0 Å². The molecule has 5 rings (SSSR count). The van der Waals surface area contributed by atoms with Crippen LogP contribution in [-0.4, -0.2) is 63.0 Å². The van der Waals surface area contributed by atoms with Gasteiger partial charge in [0.2, 0.25) is 5.88 Å². The van der Waals surface area contributed by atoms with E-state index in [0.29, 0.717) is 17.9 Å². The highest BCUT2D eigenvalue weighted by Gasteiger charge is 2.30. The fourth-order valence-electron chi connectivity index (χ4n) is 5.90. The van der Waals surface area contributed by atoms with Gasteiger partial charge >= 0.3 is 5.97 Å². The third kappa shape index (κ3) is 8.46. The van der Waals surface area contributed by atoms with Gasteiger partial charge in [0.1, 0.15) is 12.1 Å². The molecular weight excluding hydrogens is 554 g/mol. The third-order valence-corrected chi connectivity index (χ3v) is 8.17. The summed E-state index contributed by atoms with van der Waals surface area (Å²) in [5, 5.41) is 18.3. The van der Waals surface area contributed by atoms with Gasteiger partial charge in [0, 0.05) is 54.8 Å². The summed E-state index contributed by atoms with van der Waals surface area (Å²) >= 11 is 0. The highest BCUT2D eigenvalue weighted by Crippen LogP contribution is 2.42. The number of pyridine rings is 1. The van der Waals surface area contributed by atoms with E-state index >= 15 is 0 Å². The van der Waals surface area contributed by atoms with Gasteiger partial charge in [-0.05, 0) is 82.9 Å². The van der Waals surface area contributed by atoms with Crippen LogP contribution in [-0.2, 0) is 24.2 Å². The molecule has 1 fully saturated rings. The Morgan fingerprint density at radius 2 is 1.68 bits per heavy atom. The first-order valence-corrected chi connectivity index (χ1v) is 15.7. The van der Waals surface area contributed by atoms with E-state index in [4.69, 9.17) is 14.8 Å². The van der Waals surface area contributed by atoms with Crippen molar-refractivity contribution in [1.82, 2.24) is 15.0 Å². The molecule has 9 heteroatoms. The maximum Gasteiger partial charge on any atom is 0.307 e. The second-order valence-corrected chi connectivity index (χ2v) is 13.7. The second kappa shape index (κ2) is 13.5. The molecular formula is C35H49N5O4. The van der Waals surface area contributed by atoms with Crippen LogP contribution in [0.1, 0.15) is 82.5 Å². The van der Waals surface area contributed by atoms with Gasteiger partial charge in [-0.15, -0.1) is 0 Å². The SMILES string of the molecule is CC(C)(C)O.CCOc1cc(N2CCc3cc(-c4c(C)nc(C)c(CC(=O)O)c4N4CCC(C)(C)CC4)ccc3C2)ncn1. The van der Waals surface area contributed by atoms with Crippen LogP contribution in [0, 0.1) is 19.3 Å². The minimum absolute atomic E-state index is 0.0239. The van der Waals surface area contributed by atoms with E-state index in [1.54, 1.807) is 27.1 Å². The number of carboxylic acid groups (broad SMARTS) is 1. The zero-order valence-electron chi connectivity index (χ0n) is 27.7. The molecule has 3 aromatic rings. The normalized spacial score (nSPS) is 16.1. The molecule has 0 aliphatic carbocycles. The quantitative estimate of drug-likeness (QED) is 0.329. The number of benzene rings is 1. The zero-order valence-corrected chi connectivity index (χ0v) is 27.7. The van der Waals surface area contributed by atoms with Gasteiger partial charge in [0.25, 0.3) is 0 Å². The molecule has 0 radical (unpaired) electrons. The molecule has 0 amide bonds. The number of aliphatic carboxylic acids is 1. The topological polar surface area (TPSA) is 112 Å². The number of ether oxygens (including phenoxy) is 1. The van der Waals surface area contributed by atoms with Gasteiger partial charge in [-0.25, -0.2) is 9.97 Å². The Morgan fingerprint density at radius 3 is 2.32 bits per heavy atom. The number of piperidine rings is 1. The Hall–Kier alpha value is -3.72. The van der Waals surface area contributed by atoms with Crippen molar-refractivity contribution in [3.05, 3.63) is 58.7 Å². The number of carbonyl (C=O) groups is 1. The van der Waals surface area contributed by atoms with Crippen molar-refractivity contribution in [3.63, 3.8) is 0 Å². The fraction of sp³-hybridized carbons (Fsp3) is 0.543. The van der Waals surface area contributed by atoms with E-state index in [9.17, 15) is 9.90 Å². The number of carboxylic acids is 1. The number of nitrogens with zero attached hydrogens (tertiary/aromatic N) is 5. The van der Waals surface area contributed by atoms with Gasteiger partial charge in [-0.2, -0.15) is 0 Å². The van der Waals surface area contributed by atoms with Crippen LogP contribution in [0.25, 0.3) is 11.1 Å². The Bertz CT molecular complexity index is 1460. The Kier molecular flexibility index (Phi) is 10.2. The molecule has 2 aliphatic heterocycles.